The molecule has 2 unspecified atom stereocenters. The lowest BCUT2D eigenvalue weighted by molar-refractivity contribution is 0.0522. The summed E-state index contributed by atoms with van der Waals surface area (Å²) in [7, 11) is 0. The van der Waals surface area contributed by atoms with Gasteiger partial charge in [-0.05, 0) is 6.07 Å². The first kappa shape index (κ1) is 10.5. The topological polar surface area (TPSA) is 41.5 Å². The molecular formula is C12H17NO2. The molecule has 3 nitrogen and oxygen atoms in total. The molecule has 1 aromatic rings. The van der Waals surface area contributed by atoms with Crippen LogP contribution in [0.5, 0.6) is 5.75 Å². The minimum Gasteiger partial charge on any atom is -0.490 e. The fraction of sp³-hybridized carbons (Fsp3) is 0.500. The molecule has 2 N–H and O–H groups in total. The highest BCUT2D eigenvalue weighted by Gasteiger charge is 2.29. The van der Waals surface area contributed by atoms with Crippen molar-refractivity contribution in [2.75, 3.05) is 6.61 Å². The summed E-state index contributed by atoms with van der Waals surface area (Å²) in [6.45, 7) is 4.51. The van der Waals surface area contributed by atoms with Crippen molar-refractivity contribution >= 4 is 0 Å². The number of rotatable bonds is 2. The summed E-state index contributed by atoms with van der Waals surface area (Å²) in [6, 6.07) is 8.18. The largest absolute Gasteiger partial charge is 0.490 e. The van der Waals surface area contributed by atoms with Crippen LogP contribution >= 0.6 is 0 Å². The van der Waals surface area contributed by atoms with Crippen LogP contribution in [0.25, 0.3) is 0 Å². The zero-order chi connectivity index (χ0) is 10.8. The zero-order valence-corrected chi connectivity index (χ0v) is 9.10. The van der Waals surface area contributed by atoms with Crippen LogP contribution in [-0.4, -0.2) is 23.9 Å². The van der Waals surface area contributed by atoms with E-state index in [2.05, 4.69) is 19.2 Å². The van der Waals surface area contributed by atoms with E-state index in [0.29, 0.717) is 12.6 Å². The highest BCUT2D eigenvalue weighted by atomic mass is 16.5. The first-order chi connectivity index (χ1) is 7.18. The van der Waals surface area contributed by atoms with Gasteiger partial charge in [-0.1, -0.05) is 32.0 Å². The SMILES string of the molecule is CC(C)NC1c2ccccc2OCC1O. The molecule has 1 aliphatic rings. The number of benzene rings is 1. The molecule has 1 aliphatic heterocycles. The fourth-order valence-corrected chi connectivity index (χ4v) is 1.91. The summed E-state index contributed by atoms with van der Waals surface area (Å²) in [5.74, 6) is 0.876. The van der Waals surface area contributed by atoms with Crippen LogP contribution in [0.4, 0.5) is 0 Å². The molecule has 0 spiro atoms. The smallest absolute Gasteiger partial charge is 0.124 e. The normalized spacial score (nSPS) is 24.8. The Labute approximate surface area is 90.1 Å². The van der Waals surface area contributed by atoms with Gasteiger partial charge in [0.15, 0.2) is 0 Å². The van der Waals surface area contributed by atoms with Crippen LogP contribution in [-0.2, 0) is 0 Å². The minimum absolute atomic E-state index is 0.0186. The van der Waals surface area contributed by atoms with Crippen molar-refractivity contribution in [2.24, 2.45) is 0 Å². The van der Waals surface area contributed by atoms with E-state index in [-0.39, 0.29) is 6.04 Å². The zero-order valence-electron chi connectivity index (χ0n) is 9.10. The van der Waals surface area contributed by atoms with Crippen LogP contribution in [0.3, 0.4) is 0 Å². The van der Waals surface area contributed by atoms with Crippen molar-refractivity contribution in [1.29, 1.82) is 0 Å². The predicted octanol–water partition coefficient (Wildman–Crippen LogP) is 1.48. The van der Waals surface area contributed by atoms with Gasteiger partial charge in [0.2, 0.25) is 0 Å². The number of hydrogen-bond acceptors (Lipinski definition) is 3. The molecule has 0 radical (unpaired) electrons. The number of aliphatic hydroxyl groups is 1. The van der Waals surface area contributed by atoms with Crippen LogP contribution in [0.2, 0.25) is 0 Å². The van der Waals surface area contributed by atoms with Crippen LogP contribution in [0, 0.1) is 0 Å². The van der Waals surface area contributed by atoms with Gasteiger partial charge < -0.3 is 15.2 Å². The second-order valence-corrected chi connectivity index (χ2v) is 4.22. The second-order valence-electron chi connectivity index (χ2n) is 4.22. The molecule has 0 aliphatic carbocycles. The molecule has 0 saturated heterocycles. The summed E-state index contributed by atoms with van der Waals surface area (Å²) >= 11 is 0. The molecule has 0 amide bonds. The predicted molar refractivity (Wildman–Crippen MR) is 59.0 cm³/mol. The van der Waals surface area contributed by atoms with Crippen LogP contribution < -0.4 is 10.1 Å². The van der Waals surface area contributed by atoms with Gasteiger partial charge in [-0.15, -0.1) is 0 Å². The van der Waals surface area contributed by atoms with Crippen molar-refractivity contribution in [3.8, 4) is 5.75 Å². The summed E-state index contributed by atoms with van der Waals surface area (Å²) in [6.07, 6.45) is -0.470. The van der Waals surface area contributed by atoms with Crippen LogP contribution in [0.15, 0.2) is 24.3 Å². The Kier molecular flexibility index (Phi) is 2.93. The number of para-hydroxylation sites is 1. The molecule has 0 fully saturated rings. The lowest BCUT2D eigenvalue weighted by Crippen LogP contribution is -2.41. The first-order valence-corrected chi connectivity index (χ1v) is 5.34. The lowest BCUT2D eigenvalue weighted by Gasteiger charge is -2.32. The third-order valence-electron chi connectivity index (χ3n) is 2.56. The van der Waals surface area contributed by atoms with E-state index in [0.717, 1.165) is 11.3 Å². The number of fused-ring (bicyclic) bond motifs is 1. The molecule has 1 aromatic carbocycles. The van der Waals surface area contributed by atoms with Crippen molar-refractivity contribution < 1.29 is 9.84 Å². The maximum Gasteiger partial charge on any atom is 0.124 e. The van der Waals surface area contributed by atoms with Gasteiger partial charge in [0.1, 0.15) is 18.5 Å². The number of hydrogen-bond donors (Lipinski definition) is 2. The Bertz CT molecular complexity index is 338. The monoisotopic (exact) mass is 207 g/mol. The fourth-order valence-electron chi connectivity index (χ4n) is 1.91. The van der Waals surface area contributed by atoms with Gasteiger partial charge >= 0.3 is 0 Å². The first-order valence-electron chi connectivity index (χ1n) is 5.34. The van der Waals surface area contributed by atoms with Crippen molar-refractivity contribution in [3.63, 3.8) is 0 Å². The Morgan fingerprint density at radius 3 is 2.87 bits per heavy atom. The average Bonchev–Trinajstić information content (AvgIpc) is 2.22. The Hall–Kier alpha value is -1.06. The average molecular weight is 207 g/mol. The molecule has 1 heterocycles. The number of aliphatic hydroxyl groups excluding tert-OH is 1. The molecule has 2 atom stereocenters. The number of ether oxygens (including phenoxy) is 1. The molecular weight excluding hydrogens is 190 g/mol. The highest BCUT2D eigenvalue weighted by molar-refractivity contribution is 5.38. The number of nitrogens with one attached hydrogen (secondary N) is 1. The molecule has 3 heteroatoms. The van der Waals surface area contributed by atoms with E-state index < -0.39 is 6.10 Å². The second kappa shape index (κ2) is 4.21. The van der Waals surface area contributed by atoms with E-state index in [1.165, 1.54) is 0 Å². The van der Waals surface area contributed by atoms with Crippen LogP contribution in [0.1, 0.15) is 25.5 Å². The maximum absolute atomic E-state index is 9.88. The van der Waals surface area contributed by atoms with Gasteiger partial charge in [-0.2, -0.15) is 0 Å². The van der Waals surface area contributed by atoms with E-state index in [9.17, 15) is 5.11 Å². The van der Waals surface area contributed by atoms with Crippen molar-refractivity contribution in [3.05, 3.63) is 29.8 Å². The third kappa shape index (κ3) is 2.13. The summed E-state index contributed by atoms with van der Waals surface area (Å²) in [4.78, 5) is 0. The maximum atomic E-state index is 9.88. The quantitative estimate of drug-likeness (QED) is 0.771. The summed E-state index contributed by atoms with van der Waals surface area (Å²) in [5, 5.41) is 13.2. The van der Waals surface area contributed by atoms with E-state index in [1.54, 1.807) is 0 Å². The van der Waals surface area contributed by atoms with Gasteiger partial charge in [-0.3, -0.25) is 0 Å². The van der Waals surface area contributed by atoms with Gasteiger partial charge in [0.25, 0.3) is 0 Å². The highest BCUT2D eigenvalue weighted by Crippen LogP contribution is 2.31. The van der Waals surface area contributed by atoms with E-state index in [1.807, 2.05) is 24.3 Å². The standard InChI is InChI=1S/C12H17NO2/c1-8(2)13-12-9-5-3-4-6-11(9)15-7-10(12)14/h3-6,8,10,12-14H,7H2,1-2H3. The molecule has 15 heavy (non-hydrogen) atoms. The minimum atomic E-state index is -0.470. The third-order valence-corrected chi connectivity index (χ3v) is 2.56. The molecule has 0 bridgehead atoms. The Morgan fingerprint density at radius 2 is 2.13 bits per heavy atom. The van der Waals surface area contributed by atoms with Gasteiger partial charge in [0.05, 0.1) is 6.04 Å². The van der Waals surface area contributed by atoms with Crippen molar-refractivity contribution in [1.82, 2.24) is 5.32 Å². The Balaban J connectivity index is 2.28. The lowest BCUT2D eigenvalue weighted by atomic mass is 9.97. The van der Waals surface area contributed by atoms with E-state index in [4.69, 9.17) is 4.74 Å². The van der Waals surface area contributed by atoms with Crippen molar-refractivity contribution in [2.45, 2.75) is 32.0 Å². The molecule has 0 saturated carbocycles. The van der Waals surface area contributed by atoms with Gasteiger partial charge in [0, 0.05) is 11.6 Å². The Morgan fingerprint density at radius 1 is 1.40 bits per heavy atom. The molecule has 0 aromatic heterocycles. The summed E-state index contributed by atoms with van der Waals surface area (Å²) in [5.41, 5.74) is 1.05. The molecule has 2 rings (SSSR count). The van der Waals surface area contributed by atoms with Gasteiger partial charge in [-0.25, -0.2) is 0 Å². The molecule has 82 valence electrons. The summed E-state index contributed by atoms with van der Waals surface area (Å²) < 4.78 is 5.46. The van der Waals surface area contributed by atoms with E-state index >= 15 is 0 Å².